The molecule has 0 saturated heterocycles. The molecule has 27 heavy (non-hydrogen) atoms. The minimum atomic E-state index is -4.35. The van der Waals surface area contributed by atoms with E-state index in [2.05, 4.69) is 9.55 Å². The zero-order chi connectivity index (χ0) is 19.3. The number of hydrogen-bond acceptors (Lipinski definition) is 2. The summed E-state index contributed by atoms with van der Waals surface area (Å²) in [6.45, 7) is 1.95. The number of aryl methyl sites for hydroxylation is 2. The van der Waals surface area contributed by atoms with Gasteiger partial charge >= 0.3 is 6.18 Å². The summed E-state index contributed by atoms with van der Waals surface area (Å²) in [7, 11) is 3.53. The lowest BCUT2D eigenvalue weighted by atomic mass is 10.00. The van der Waals surface area contributed by atoms with Crippen LogP contribution in [0.1, 0.15) is 11.3 Å². The van der Waals surface area contributed by atoms with Crippen LogP contribution in [0.25, 0.3) is 32.9 Å². The predicted molar refractivity (Wildman–Crippen MR) is 99.9 cm³/mol. The number of methoxy groups -OCH3 is 1. The summed E-state index contributed by atoms with van der Waals surface area (Å²) in [6, 6.07) is 11.0. The second-order valence-corrected chi connectivity index (χ2v) is 6.50. The highest BCUT2D eigenvalue weighted by Crippen LogP contribution is 2.39. The highest BCUT2D eigenvalue weighted by Gasteiger charge is 2.30. The molecule has 0 bridgehead atoms. The van der Waals surface area contributed by atoms with Crippen LogP contribution in [-0.4, -0.2) is 16.7 Å². The number of benzene rings is 2. The maximum atomic E-state index is 12.9. The van der Waals surface area contributed by atoms with Gasteiger partial charge in [-0.3, -0.25) is 4.98 Å². The molecule has 0 atom stereocenters. The molecule has 0 fully saturated rings. The standard InChI is InChI=1S/C21H17F3N2O/c1-12-20-15(8-9-25-12)17-10-16(19(27-3)11-18(17)26(20)2)13-4-6-14(7-5-13)21(22,23)24/h4-11H,1-3H3. The van der Waals surface area contributed by atoms with E-state index in [1.165, 1.54) is 12.1 Å². The molecule has 138 valence electrons. The third kappa shape index (κ3) is 2.72. The molecule has 0 N–H and O–H groups in total. The molecule has 0 aliphatic rings. The number of ether oxygens (including phenoxy) is 1. The molecule has 6 heteroatoms. The van der Waals surface area contributed by atoms with Gasteiger partial charge in [0.1, 0.15) is 5.75 Å². The van der Waals surface area contributed by atoms with Crippen molar-refractivity contribution in [3.8, 4) is 16.9 Å². The van der Waals surface area contributed by atoms with Crippen LogP contribution in [0.4, 0.5) is 13.2 Å². The van der Waals surface area contributed by atoms with E-state index in [-0.39, 0.29) is 0 Å². The summed E-state index contributed by atoms with van der Waals surface area (Å²) in [5.74, 6) is 0.610. The van der Waals surface area contributed by atoms with Crippen molar-refractivity contribution in [3.63, 3.8) is 0 Å². The quantitative estimate of drug-likeness (QED) is 0.451. The Morgan fingerprint density at radius 1 is 1.00 bits per heavy atom. The van der Waals surface area contributed by atoms with Gasteiger partial charge in [-0.25, -0.2) is 0 Å². The van der Waals surface area contributed by atoms with Gasteiger partial charge < -0.3 is 9.30 Å². The third-order valence-electron chi connectivity index (χ3n) is 4.94. The highest BCUT2D eigenvalue weighted by atomic mass is 19.4. The third-order valence-corrected chi connectivity index (χ3v) is 4.94. The van der Waals surface area contributed by atoms with Crippen molar-refractivity contribution in [1.29, 1.82) is 0 Å². The molecule has 0 radical (unpaired) electrons. The van der Waals surface area contributed by atoms with E-state index in [1.807, 2.05) is 32.2 Å². The number of rotatable bonds is 2. The van der Waals surface area contributed by atoms with Crippen LogP contribution in [0.5, 0.6) is 5.75 Å². The van der Waals surface area contributed by atoms with Crippen molar-refractivity contribution in [2.24, 2.45) is 7.05 Å². The minimum absolute atomic E-state index is 0.610. The second kappa shape index (κ2) is 6.01. The molecular weight excluding hydrogens is 353 g/mol. The van der Waals surface area contributed by atoms with E-state index in [0.717, 1.165) is 45.2 Å². The van der Waals surface area contributed by atoms with Crippen molar-refractivity contribution in [3.05, 3.63) is 59.9 Å². The number of fused-ring (bicyclic) bond motifs is 3. The van der Waals surface area contributed by atoms with E-state index < -0.39 is 11.7 Å². The zero-order valence-electron chi connectivity index (χ0n) is 15.1. The van der Waals surface area contributed by atoms with Crippen LogP contribution >= 0.6 is 0 Å². The fourth-order valence-corrected chi connectivity index (χ4v) is 3.62. The Hall–Kier alpha value is -3.02. The van der Waals surface area contributed by atoms with E-state index in [9.17, 15) is 13.2 Å². The number of aromatic nitrogens is 2. The molecular formula is C21H17F3N2O. The average Bonchev–Trinajstić information content (AvgIpc) is 2.93. The first kappa shape index (κ1) is 17.4. The summed E-state index contributed by atoms with van der Waals surface area (Å²) in [4.78, 5) is 4.36. The average molecular weight is 370 g/mol. The van der Waals surface area contributed by atoms with Gasteiger partial charge in [-0.2, -0.15) is 13.2 Å². The van der Waals surface area contributed by atoms with E-state index in [1.54, 1.807) is 13.3 Å². The molecule has 3 nitrogen and oxygen atoms in total. The van der Waals surface area contributed by atoms with Gasteiger partial charge in [-0.1, -0.05) is 12.1 Å². The van der Waals surface area contributed by atoms with Crippen LogP contribution in [0.2, 0.25) is 0 Å². The monoisotopic (exact) mass is 370 g/mol. The summed E-state index contributed by atoms with van der Waals surface area (Å²) in [5.41, 5.74) is 3.68. The van der Waals surface area contributed by atoms with E-state index >= 15 is 0 Å². The lowest BCUT2D eigenvalue weighted by Crippen LogP contribution is -2.04. The molecule has 0 aliphatic carbocycles. The molecule has 0 amide bonds. The van der Waals surface area contributed by atoms with Gasteiger partial charge in [0.15, 0.2) is 0 Å². The largest absolute Gasteiger partial charge is 0.496 e. The Kier molecular flexibility index (Phi) is 3.87. The first-order valence-electron chi connectivity index (χ1n) is 8.40. The summed E-state index contributed by atoms with van der Waals surface area (Å²) >= 11 is 0. The molecule has 4 rings (SSSR count). The van der Waals surface area contributed by atoms with E-state index in [4.69, 9.17) is 4.74 Å². The number of nitrogens with zero attached hydrogens (tertiary/aromatic N) is 2. The van der Waals surface area contributed by atoms with Crippen molar-refractivity contribution >= 4 is 21.8 Å². The Bertz CT molecular complexity index is 1160. The predicted octanol–water partition coefficient (Wildman–Crippen LogP) is 5.73. The van der Waals surface area contributed by atoms with Crippen LogP contribution in [0.15, 0.2) is 48.7 Å². The van der Waals surface area contributed by atoms with E-state index in [0.29, 0.717) is 11.3 Å². The number of alkyl halides is 3. The number of pyridine rings is 1. The topological polar surface area (TPSA) is 27.1 Å². The smallest absolute Gasteiger partial charge is 0.416 e. The van der Waals surface area contributed by atoms with Gasteiger partial charge in [0.05, 0.1) is 29.4 Å². The number of halogens is 3. The van der Waals surface area contributed by atoms with Gasteiger partial charge in [-0.05, 0) is 36.8 Å². The first-order chi connectivity index (χ1) is 12.8. The lowest BCUT2D eigenvalue weighted by Gasteiger charge is -2.12. The normalized spacial score (nSPS) is 12.1. The Morgan fingerprint density at radius 3 is 2.33 bits per heavy atom. The lowest BCUT2D eigenvalue weighted by molar-refractivity contribution is -0.137. The maximum Gasteiger partial charge on any atom is 0.416 e. The molecule has 2 aromatic heterocycles. The summed E-state index contributed by atoms with van der Waals surface area (Å²) in [5, 5.41) is 2.06. The van der Waals surface area contributed by atoms with Crippen molar-refractivity contribution in [2.45, 2.75) is 13.1 Å². The summed E-state index contributed by atoms with van der Waals surface area (Å²) in [6.07, 6.45) is -2.59. The Morgan fingerprint density at radius 2 is 1.70 bits per heavy atom. The van der Waals surface area contributed by atoms with Crippen LogP contribution in [0, 0.1) is 6.92 Å². The molecule has 0 saturated carbocycles. The van der Waals surface area contributed by atoms with Gasteiger partial charge in [-0.15, -0.1) is 0 Å². The molecule has 0 unspecified atom stereocenters. The zero-order valence-corrected chi connectivity index (χ0v) is 15.1. The SMILES string of the molecule is COc1cc2c(cc1-c1ccc(C(F)(F)F)cc1)c1ccnc(C)c1n2C. The number of hydrogen-bond donors (Lipinski definition) is 0. The van der Waals surface area contributed by atoms with Crippen LogP contribution in [-0.2, 0) is 13.2 Å². The van der Waals surface area contributed by atoms with Crippen molar-refractivity contribution in [2.75, 3.05) is 7.11 Å². The Labute approximate surface area is 154 Å². The maximum absolute atomic E-state index is 12.9. The molecule has 0 aliphatic heterocycles. The summed E-state index contributed by atoms with van der Waals surface area (Å²) < 4.78 is 46.2. The van der Waals surface area contributed by atoms with Crippen LogP contribution < -0.4 is 4.74 Å². The molecule has 4 aromatic rings. The fourth-order valence-electron chi connectivity index (χ4n) is 3.62. The Balaban J connectivity index is 1.98. The second-order valence-electron chi connectivity index (χ2n) is 6.50. The van der Waals surface area contributed by atoms with Crippen LogP contribution in [0.3, 0.4) is 0 Å². The fraction of sp³-hybridized carbons (Fsp3) is 0.190. The molecule has 0 spiro atoms. The van der Waals surface area contributed by atoms with Gasteiger partial charge in [0.2, 0.25) is 0 Å². The molecule has 2 aromatic carbocycles. The van der Waals surface area contributed by atoms with Gasteiger partial charge in [0.25, 0.3) is 0 Å². The highest BCUT2D eigenvalue weighted by molar-refractivity contribution is 6.10. The van der Waals surface area contributed by atoms with Crippen molar-refractivity contribution < 1.29 is 17.9 Å². The first-order valence-corrected chi connectivity index (χ1v) is 8.40. The van der Waals surface area contributed by atoms with Gasteiger partial charge in [0, 0.05) is 35.6 Å². The van der Waals surface area contributed by atoms with Crippen molar-refractivity contribution in [1.82, 2.24) is 9.55 Å². The minimum Gasteiger partial charge on any atom is -0.496 e. The molecule has 2 heterocycles.